The van der Waals surface area contributed by atoms with E-state index in [-0.39, 0.29) is 5.56 Å². The minimum absolute atomic E-state index is 0.0155. The number of aromatic nitrogens is 3. The molecule has 23 heavy (non-hydrogen) atoms. The van der Waals surface area contributed by atoms with Gasteiger partial charge in [-0.15, -0.1) is 0 Å². The maximum Gasteiger partial charge on any atom is 0.262 e. The summed E-state index contributed by atoms with van der Waals surface area (Å²) < 4.78 is 2.58. The minimum Gasteiger partial charge on any atom is -0.352 e. The van der Waals surface area contributed by atoms with Crippen molar-refractivity contribution in [2.75, 3.05) is 0 Å². The van der Waals surface area contributed by atoms with Gasteiger partial charge in [-0.1, -0.05) is 24.3 Å². The molecule has 112 valence electrons. The summed E-state index contributed by atoms with van der Waals surface area (Å²) in [6, 6.07) is 13.9. The molecule has 0 atom stereocenters. The molecule has 0 amide bonds. The summed E-state index contributed by atoms with van der Waals surface area (Å²) in [4.78, 5) is 21.1. The third-order valence-electron chi connectivity index (χ3n) is 4.56. The van der Waals surface area contributed by atoms with Crippen molar-refractivity contribution in [1.82, 2.24) is 14.5 Å². The van der Waals surface area contributed by atoms with E-state index in [1.807, 2.05) is 30.3 Å². The lowest BCUT2D eigenvalue weighted by molar-refractivity contribution is 0.653. The van der Waals surface area contributed by atoms with E-state index in [0.29, 0.717) is 11.9 Å². The van der Waals surface area contributed by atoms with Crippen molar-refractivity contribution in [2.45, 2.75) is 13.0 Å². The van der Waals surface area contributed by atoms with Gasteiger partial charge in [0.05, 0.1) is 16.6 Å². The molecule has 4 nitrogen and oxygen atoms in total. The first-order valence-electron chi connectivity index (χ1n) is 7.53. The highest BCUT2D eigenvalue weighted by atomic mass is 79.9. The highest BCUT2D eigenvalue weighted by Gasteiger charge is 2.24. The number of nitrogens with zero attached hydrogens (tertiary/aromatic N) is 2. The first kappa shape index (κ1) is 13.1. The Bertz CT molecular complexity index is 1160. The van der Waals surface area contributed by atoms with Gasteiger partial charge in [0.25, 0.3) is 5.56 Å². The second-order valence-corrected chi connectivity index (χ2v) is 6.65. The van der Waals surface area contributed by atoms with Crippen LogP contribution in [0.4, 0.5) is 0 Å². The fourth-order valence-electron chi connectivity index (χ4n) is 3.50. The normalized spacial score (nSPS) is 13.3. The SMILES string of the molecule is O=c1c2c(Br)cccc2nc2n1CCc1c-2[nH]c2ccccc12. The molecule has 0 unspecified atom stereocenters. The third kappa shape index (κ3) is 1.71. The zero-order valence-electron chi connectivity index (χ0n) is 12.1. The number of nitrogens with one attached hydrogen (secondary N) is 1. The third-order valence-corrected chi connectivity index (χ3v) is 5.22. The van der Waals surface area contributed by atoms with Crippen molar-refractivity contribution in [2.24, 2.45) is 0 Å². The highest BCUT2D eigenvalue weighted by Crippen LogP contribution is 2.33. The number of hydrogen-bond donors (Lipinski definition) is 1. The smallest absolute Gasteiger partial charge is 0.262 e. The van der Waals surface area contributed by atoms with Crippen LogP contribution in [-0.4, -0.2) is 14.5 Å². The molecule has 0 fully saturated rings. The largest absolute Gasteiger partial charge is 0.352 e. The Morgan fingerprint density at radius 2 is 2.00 bits per heavy atom. The number of H-pyrrole nitrogens is 1. The summed E-state index contributed by atoms with van der Waals surface area (Å²) in [7, 11) is 0. The summed E-state index contributed by atoms with van der Waals surface area (Å²) in [5.41, 5.74) is 4.05. The molecular formula is C18H12BrN3O. The Balaban J connectivity index is 1.93. The Hall–Kier alpha value is -2.40. The summed E-state index contributed by atoms with van der Waals surface area (Å²) >= 11 is 3.47. The number of hydrogen-bond acceptors (Lipinski definition) is 2. The van der Waals surface area contributed by atoms with Crippen molar-refractivity contribution < 1.29 is 0 Å². The van der Waals surface area contributed by atoms with Gasteiger partial charge in [-0.05, 0) is 46.1 Å². The van der Waals surface area contributed by atoms with Crippen molar-refractivity contribution in [3.8, 4) is 11.5 Å². The molecule has 5 rings (SSSR count). The van der Waals surface area contributed by atoms with Crippen LogP contribution >= 0.6 is 15.9 Å². The van der Waals surface area contributed by atoms with Gasteiger partial charge in [-0.25, -0.2) is 4.98 Å². The van der Waals surface area contributed by atoms with Crippen molar-refractivity contribution in [3.63, 3.8) is 0 Å². The molecule has 0 bridgehead atoms. The molecule has 3 heterocycles. The van der Waals surface area contributed by atoms with E-state index >= 15 is 0 Å². The highest BCUT2D eigenvalue weighted by molar-refractivity contribution is 9.10. The van der Waals surface area contributed by atoms with E-state index in [9.17, 15) is 4.79 Å². The molecule has 1 aliphatic rings. The second-order valence-electron chi connectivity index (χ2n) is 5.80. The van der Waals surface area contributed by atoms with E-state index in [0.717, 1.165) is 33.4 Å². The zero-order chi connectivity index (χ0) is 15.6. The Labute approximate surface area is 139 Å². The monoisotopic (exact) mass is 365 g/mol. The average molecular weight is 366 g/mol. The van der Waals surface area contributed by atoms with Gasteiger partial charge < -0.3 is 4.98 Å². The van der Waals surface area contributed by atoms with Crippen LogP contribution in [0.1, 0.15) is 5.56 Å². The molecule has 2 aromatic heterocycles. The average Bonchev–Trinajstić information content (AvgIpc) is 2.94. The molecule has 0 saturated carbocycles. The number of fused-ring (bicyclic) bond motifs is 6. The molecule has 4 aromatic rings. The second kappa shape index (κ2) is 4.55. The maximum atomic E-state index is 12.9. The summed E-state index contributed by atoms with van der Waals surface area (Å²) in [6.07, 6.45) is 0.837. The van der Waals surface area contributed by atoms with Gasteiger partial charge in [0.1, 0.15) is 0 Å². The van der Waals surface area contributed by atoms with Gasteiger partial charge in [0.2, 0.25) is 0 Å². The lowest BCUT2D eigenvalue weighted by Gasteiger charge is -2.19. The van der Waals surface area contributed by atoms with Gasteiger partial charge in [-0.2, -0.15) is 0 Å². The van der Waals surface area contributed by atoms with E-state index < -0.39 is 0 Å². The predicted octanol–water partition coefficient (Wildman–Crippen LogP) is 3.86. The van der Waals surface area contributed by atoms with E-state index in [2.05, 4.69) is 33.0 Å². The molecule has 2 aromatic carbocycles. The van der Waals surface area contributed by atoms with Gasteiger partial charge in [0.15, 0.2) is 5.82 Å². The summed E-state index contributed by atoms with van der Waals surface area (Å²) in [6.45, 7) is 0.660. The van der Waals surface area contributed by atoms with Crippen LogP contribution in [0.15, 0.2) is 51.7 Å². The topological polar surface area (TPSA) is 50.7 Å². The standard InChI is InChI=1S/C18H12BrN3O/c19-12-5-3-7-14-15(12)18(23)22-9-8-11-10-4-1-2-6-13(10)20-16(11)17(22)21-14/h1-7,20H,8-9H2. The Morgan fingerprint density at radius 3 is 2.91 bits per heavy atom. The molecule has 0 radical (unpaired) electrons. The van der Waals surface area contributed by atoms with E-state index in [1.54, 1.807) is 4.57 Å². The Morgan fingerprint density at radius 1 is 1.13 bits per heavy atom. The lowest BCUT2D eigenvalue weighted by atomic mass is 10.0. The molecule has 1 N–H and O–H groups in total. The lowest BCUT2D eigenvalue weighted by Crippen LogP contribution is -2.27. The molecule has 0 aliphatic carbocycles. The molecular weight excluding hydrogens is 354 g/mol. The maximum absolute atomic E-state index is 12.9. The van der Waals surface area contributed by atoms with Crippen LogP contribution in [0.3, 0.4) is 0 Å². The Kier molecular flexibility index (Phi) is 2.59. The first-order chi connectivity index (χ1) is 11.2. The number of aromatic amines is 1. The van der Waals surface area contributed by atoms with Crippen LogP contribution in [0.25, 0.3) is 33.3 Å². The molecule has 5 heteroatoms. The van der Waals surface area contributed by atoms with Crippen molar-refractivity contribution >= 4 is 37.7 Å². The van der Waals surface area contributed by atoms with Crippen LogP contribution in [0, 0.1) is 0 Å². The van der Waals surface area contributed by atoms with Gasteiger partial charge in [-0.3, -0.25) is 9.36 Å². The van der Waals surface area contributed by atoms with E-state index in [1.165, 1.54) is 10.9 Å². The predicted molar refractivity (Wildman–Crippen MR) is 94.7 cm³/mol. The number of rotatable bonds is 0. The quantitative estimate of drug-likeness (QED) is 0.514. The van der Waals surface area contributed by atoms with E-state index in [4.69, 9.17) is 4.98 Å². The molecule has 0 saturated heterocycles. The van der Waals surface area contributed by atoms with Gasteiger partial charge >= 0.3 is 0 Å². The van der Waals surface area contributed by atoms with Crippen LogP contribution < -0.4 is 5.56 Å². The van der Waals surface area contributed by atoms with Crippen molar-refractivity contribution in [1.29, 1.82) is 0 Å². The minimum atomic E-state index is 0.0155. The number of aryl methyl sites for hydroxylation is 1. The van der Waals surface area contributed by atoms with Crippen LogP contribution in [-0.2, 0) is 13.0 Å². The first-order valence-corrected chi connectivity index (χ1v) is 8.32. The van der Waals surface area contributed by atoms with Crippen molar-refractivity contribution in [3.05, 3.63) is 62.9 Å². The summed E-state index contributed by atoms with van der Waals surface area (Å²) in [5.74, 6) is 0.734. The van der Waals surface area contributed by atoms with Gasteiger partial charge in [0, 0.05) is 21.9 Å². The zero-order valence-corrected chi connectivity index (χ0v) is 13.7. The summed E-state index contributed by atoms with van der Waals surface area (Å²) in [5, 5.41) is 1.87. The fourth-order valence-corrected chi connectivity index (χ4v) is 4.02. The van der Waals surface area contributed by atoms with Crippen LogP contribution in [0.5, 0.6) is 0 Å². The fraction of sp³-hybridized carbons (Fsp3) is 0.111. The number of halogens is 1. The molecule has 1 aliphatic heterocycles. The molecule has 0 spiro atoms. The van der Waals surface area contributed by atoms with Crippen LogP contribution in [0.2, 0.25) is 0 Å². The number of benzene rings is 2. The number of para-hydroxylation sites is 1.